The van der Waals surface area contributed by atoms with Gasteiger partial charge in [-0.1, -0.05) is 79.6 Å². The van der Waals surface area contributed by atoms with Crippen LogP contribution in [-0.4, -0.2) is 24.7 Å². The van der Waals surface area contributed by atoms with Crippen LogP contribution in [0.15, 0.2) is 48.0 Å². The van der Waals surface area contributed by atoms with Crippen molar-refractivity contribution in [2.75, 3.05) is 0 Å². The van der Waals surface area contributed by atoms with Crippen molar-refractivity contribution in [1.82, 2.24) is 0 Å². The Bertz CT molecular complexity index is 908. The molecular weight excluding hydrogens is 501 g/mol. The van der Waals surface area contributed by atoms with E-state index in [0.29, 0.717) is 23.7 Å². The van der Waals surface area contributed by atoms with E-state index in [9.17, 15) is 0 Å². The molecule has 0 amide bonds. The van der Waals surface area contributed by atoms with Crippen LogP contribution >= 0.6 is 0 Å². The quantitative estimate of drug-likeness (QED) is 0.303. The zero-order chi connectivity index (χ0) is 27.6. The van der Waals surface area contributed by atoms with Crippen molar-refractivity contribution in [1.29, 1.82) is 0 Å². The van der Waals surface area contributed by atoms with Crippen LogP contribution in [0.3, 0.4) is 0 Å². The summed E-state index contributed by atoms with van der Waals surface area (Å²) in [5.41, 5.74) is 1.76. The zero-order valence-corrected chi connectivity index (χ0v) is 29.1. The van der Waals surface area contributed by atoms with E-state index in [0.717, 1.165) is 22.6 Å². The number of rotatable bonds is 6. The molecule has 2 fully saturated rings. The molecule has 0 spiro atoms. The highest BCUT2D eigenvalue weighted by Crippen LogP contribution is 2.59. The molecule has 0 aliphatic heterocycles. The van der Waals surface area contributed by atoms with Gasteiger partial charge in [0.05, 0.1) is 19.6 Å². The maximum atomic E-state index is 6.71. The van der Waals surface area contributed by atoms with Crippen LogP contribution in [0.4, 0.5) is 0 Å². The molecule has 0 aromatic heterocycles. The highest BCUT2D eigenvalue weighted by Gasteiger charge is 2.53. The molecule has 37 heavy (non-hydrogen) atoms. The minimum atomic E-state index is -1.79. The largest absolute Gasteiger partial charge is 0.544 e. The molecule has 0 saturated heterocycles. The van der Waals surface area contributed by atoms with E-state index >= 15 is 0 Å². The highest BCUT2D eigenvalue weighted by atomic mass is 28.4. The van der Waals surface area contributed by atoms with Gasteiger partial charge in [0.2, 0.25) is 16.6 Å². The molecule has 0 N–H and O–H groups in total. The van der Waals surface area contributed by atoms with Crippen molar-refractivity contribution < 1.29 is 8.85 Å². The van der Waals surface area contributed by atoms with Gasteiger partial charge in [-0.15, -0.1) is 0 Å². The summed E-state index contributed by atoms with van der Waals surface area (Å²) in [5.74, 6) is 5.09. The molecule has 6 atom stereocenters. The molecule has 2 nitrogen and oxygen atoms in total. The Balaban J connectivity index is 1.44. The van der Waals surface area contributed by atoms with Gasteiger partial charge >= 0.3 is 0 Å². The van der Waals surface area contributed by atoms with E-state index in [1.54, 1.807) is 0 Å². The van der Waals surface area contributed by atoms with Crippen molar-refractivity contribution in [3.05, 3.63) is 48.0 Å². The fourth-order valence-electron chi connectivity index (χ4n) is 7.04. The minimum Gasteiger partial charge on any atom is -0.544 e. The Morgan fingerprint density at radius 2 is 0.946 bits per heavy atom. The van der Waals surface area contributed by atoms with Crippen LogP contribution in [0.25, 0.3) is 0 Å². The van der Waals surface area contributed by atoms with Gasteiger partial charge in [-0.05, 0) is 108 Å². The molecule has 6 unspecified atom stereocenters. The summed E-state index contributed by atoms with van der Waals surface area (Å²) in [6.45, 7) is 28.9. The minimum absolute atomic E-state index is 0.238. The first kappa shape index (κ1) is 29.2. The van der Waals surface area contributed by atoms with Crippen molar-refractivity contribution in [3.63, 3.8) is 0 Å². The van der Waals surface area contributed by atoms with Crippen LogP contribution < -0.4 is 0 Å². The molecule has 0 aromatic carbocycles. The summed E-state index contributed by atoms with van der Waals surface area (Å²) in [6.07, 6.45) is 20.3. The third-order valence-corrected chi connectivity index (χ3v) is 25.4. The Morgan fingerprint density at radius 1 is 0.595 bits per heavy atom. The van der Waals surface area contributed by atoms with E-state index in [4.69, 9.17) is 8.85 Å². The molecule has 0 radical (unpaired) electrons. The normalized spacial score (nSPS) is 32.5. The number of hydrogen-bond acceptors (Lipinski definition) is 2. The van der Waals surface area contributed by atoms with Gasteiger partial charge in [0.1, 0.15) is 0 Å². The maximum Gasteiger partial charge on any atom is 0.250 e. The fourth-order valence-corrected chi connectivity index (χ4v) is 14.2. The van der Waals surface area contributed by atoms with E-state index < -0.39 is 24.7 Å². The third kappa shape index (κ3) is 5.61. The Morgan fingerprint density at radius 3 is 1.27 bits per heavy atom. The molecule has 4 aliphatic carbocycles. The molecular formula is C32H56O2Si3. The van der Waals surface area contributed by atoms with Gasteiger partial charge < -0.3 is 8.85 Å². The highest BCUT2D eigenvalue weighted by molar-refractivity contribution is 6.80. The summed E-state index contributed by atoms with van der Waals surface area (Å²) in [7, 11) is -5.06. The van der Waals surface area contributed by atoms with Crippen molar-refractivity contribution >= 4 is 24.7 Å². The standard InChI is InChI=1S/C32H56O2Si3/c1-31(2,3)36(9,10)33-25-15-17-27-23(21-25)13-19-29(27)35(7,8)30-20-14-24-22-26(16-18-28(24)30)34-37(11,12)32(4,5)6/h15-18,21-24,27-30H,13-14,19-20H2,1-12H3. The van der Waals surface area contributed by atoms with E-state index in [1.165, 1.54) is 25.7 Å². The second kappa shape index (κ2) is 9.69. The van der Waals surface area contributed by atoms with Crippen LogP contribution in [-0.2, 0) is 8.85 Å². The van der Waals surface area contributed by atoms with Crippen molar-refractivity contribution in [2.45, 2.75) is 128 Å². The first-order valence-electron chi connectivity index (χ1n) is 15.0. The molecule has 208 valence electrons. The monoisotopic (exact) mass is 556 g/mol. The lowest BCUT2D eigenvalue weighted by Gasteiger charge is -2.43. The van der Waals surface area contributed by atoms with E-state index in [2.05, 4.69) is 117 Å². The lowest BCUT2D eigenvalue weighted by Crippen LogP contribution is -2.43. The Kier molecular flexibility index (Phi) is 7.65. The molecule has 0 heterocycles. The molecule has 4 rings (SSSR count). The van der Waals surface area contributed by atoms with Crippen molar-refractivity contribution in [3.8, 4) is 0 Å². The summed E-state index contributed by atoms with van der Waals surface area (Å²) in [4.78, 5) is 0. The fraction of sp³-hybridized carbons (Fsp3) is 0.750. The lowest BCUT2D eigenvalue weighted by molar-refractivity contribution is 0.381. The Labute approximate surface area is 232 Å². The van der Waals surface area contributed by atoms with Gasteiger partial charge in [-0.25, -0.2) is 0 Å². The van der Waals surface area contributed by atoms with Crippen molar-refractivity contribution in [2.24, 2.45) is 23.7 Å². The van der Waals surface area contributed by atoms with Gasteiger partial charge in [0, 0.05) is 0 Å². The van der Waals surface area contributed by atoms with E-state index in [1.807, 2.05) is 0 Å². The Hall–Kier alpha value is -0.789. The first-order valence-corrected chi connectivity index (χ1v) is 24.0. The number of hydrogen-bond donors (Lipinski definition) is 0. The average molecular weight is 557 g/mol. The summed E-state index contributed by atoms with van der Waals surface area (Å²) < 4.78 is 13.4. The molecule has 2 saturated carbocycles. The maximum absolute atomic E-state index is 6.71. The van der Waals surface area contributed by atoms with Crippen LogP contribution in [0.5, 0.6) is 0 Å². The lowest BCUT2D eigenvalue weighted by atomic mass is 9.91. The van der Waals surface area contributed by atoms with Crippen LogP contribution in [0.1, 0.15) is 67.2 Å². The zero-order valence-electron chi connectivity index (χ0n) is 26.1. The predicted octanol–water partition coefficient (Wildman–Crippen LogP) is 10.4. The summed E-state index contributed by atoms with van der Waals surface area (Å²) in [6, 6.07) is 0. The predicted molar refractivity (Wildman–Crippen MR) is 168 cm³/mol. The average Bonchev–Trinajstić information content (AvgIpc) is 3.35. The van der Waals surface area contributed by atoms with Gasteiger partial charge in [-0.3, -0.25) is 0 Å². The smallest absolute Gasteiger partial charge is 0.250 e. The molecule has 0 aromatic rings. The third-order valence-electron chi connectivity index (χ3n) is 11.5. The summed E-state index contributed by atoms with van der Waals surface area (Å²) >= 11 is 0. The molecule has 4 aliphatic rings. The number of allylic oxidation sites excluding steroid dienone is 6. The molecule has 0 bridgehead atoms. The first-order chi connectivity index (χ1) is 16.8. The van der Waals surface area contributed by atoms with E-state index in [-0.39, 0.29) is 10.1 Å². The number of fused-ring (bicyclic) bond motifs is 2. The topological polar surface area (TPSA) is 18.5 Å². The van der Waals surface area contributed by atoms with Gasteiger partial charge in [-0.2, -0.15) is 0 Å². The van der Waals surface area contributed by atoms with Gasteiger partial charge in [0.25, 0.3) is 0 Å². The molecule has 5 heteroatoms. The second-order valence-electron chi connectivity index (χ2n) is 16.3. The SMILES string of the molecule is CC(C)(C)[Si](C)(C)OC1=CC2CCC([Si](C)(C)C3CCC4C=C(O[Si](C)(C)C(C)(C)C)C=CC43)C2C=C1. The van der Waals surface area contributed by atoms with Crippen LogP contribution in [0.2, 0.25) is 60.4 Å². The second-order valence-corrected chi connectivity index (χ2v) is 30.8. The summed E-state index contributed by atoms with van der Waals surface area (Å²) in [5, 5.41) is 0.477. The van der Waals surface area contributed by atoms with Crippen LogP contribution in [0, 0.1) is 23.7 Å². The van der Waals surface area contributed by atoms with Gasteiger partial charge in [0.15, 0.2) is 0 Å².